The average molecular weight is 272 g/mol. The van der Waals surface area contributed by atoms with Gasteiger partial charge in [-0.3, -0.25) is 4.79 Å². The van der Waals surface area contributed by atoms with E-state index >= 15 is 0 Å². The van der Waals surface area contributed by atoms with E-state index in [1.165, 1.54) is 12.1 Å². The van der Waals surface area contributed by atoms with Crippen LogP contribution in [0.3, 0.4) is 0 Å². The Labute approximate surface area is 117 Å². The van der Waals surface area contributed by atoms with Gasteiger partial charge in [-0.05, 0) is 48.9 Å². The number of halogens is 1. The van der Waals surface area contributed by atoms with E-state index in [9.17, 15) is 9.18 Å². The lowest BCUT2D eigenvalue weighted by Crippen LogP contribution is -2.30. The van der Waals surface area contributed by atoms with Crippen LogP contribution in [0.4, 0.5) is 10.1 Å². The zero-order chi connectivity index (χ0) is 14.5. The van der Waals surface area contributed by atoms with Gasteiger partial charge in [0.2, 0.25) is 0 Å². The highest BCUT2D eigenvalue weighted by molar-refractivity contribution is 6.06. The van der Waals surface area contributed by atoms with Crippen LogP contribution in [0.15, 0.2) is 48.5 Å². The first-order valence-electron chi connectivity index (χ1n) is 6.52. The quantitative estimate of drug-likeness (QED) is 0.930. The average Bonchev–Trinajstić information content (AvgIpc) is 2.50. The highest BCUT2D eigenvalue weighted by Gasteiger charge is 2.15. The second kappa shape index (κ2) is 6.30. The molecule has 0 aliphatic rings. The number of carbonyl (C=O) groups excluding carboxylic acids is 1. The van der Waals surface area contributed by atoms with E-state index in [2.05, 4.69) is 0 Å². The molecule has 0 radical (unpaired) electrons. The van der Waals surface area contributed by atoms with Crippen LogP contribution in [0.25, 0.3) is 0 Å². The fourth-order valence-electron chi connectivity index (χ4n) is 2.00. The lowest BCUT2D eigenvalue weighted by atomic mass is 10.1. The van der Waals surface area contributed by atoms with Crippen LogP contribution in [-0.2, 0) is 6.54 Å². The van der Waals surface area contributed by atoms with Crippen LogP contribution in [-0.4, -0.2) is 12.5 Å². The van der Waals surface area contributed by atoms with Gasteiger partial charge in [0.25, 0.3) is 5.91 Å². The van der Waals surface area contributed by atoms with Crippen molar-refractivity contribution in [1.82, 2.24) is 0 Å². The lowest BCUT2D eigenvalue weighted by molar-refractivity contribution is 0.0988. The van der Waals surface area contributed by atoms with Crippen LogP contribution in [0.1, 0.15) is 22.8 Å². The Balaban J connectivity index is 2.26. The van der Waals surface area contributed by atoms with Crippen molar-refractivity contribution in [3.05, 3.63) is 65.5 Å². The topological polar surface area (TPSA) is 46.3 Å². The summed E-state index contributed by atoms with van der Waals surface area (Å²) in [5.41, 5.74) is 7.79. The molecule has 0 spiro atoms. The number of rotatable bonds is 4. The molecular weight excluding hydrogens is 255 g/mol. The Morgan fingerprint density at radius 1 is 1.10 bits per heavy atom. The van der Waals surface area contributed by atoms with Gasteiger partial charge in [0, 0.05) is 24.3 Å². The van der Waals surface area contributed by atoms with Crippen molar-refractivity contribution < 1.29 is 9.18 Å². The number of nitrogens with two attached hydrogens (primary N) is 1. The minimum atomic E-state index is -0.315. The number of nitrogens with zero attached hydrogens (tertiary/aromatic N) is 1. The Bertz CT molecular complexity index is 578. The third-order valence-electron chi connectivity index (χ3n) is 3.14. The molecule has 0 aliphatic carbocycles. The maximum atomic E-state index is 12.9. The number of amides is 1. The van der Waals surface area contributed by atoms with Crippen molar-refractivity contribution in [2.24, 2.45) is 5.73 Å². The summed E-state index contributed by atoms with van der Waals surface area (Å²) < 4.78 is 12.9. The van der Waals surface area contributed by atoms with Gasteiger partial charge in [-0.2, -0.15) is 0 Å². The van der Waals surface area contributed by atoms with E-state index in [0.717, 1.165) is 5.56 Å². The molecule has 0 fully saturated rings. The molecule has 0 bridgehead atoms. The molecule has 104 valence electrons. The molecule has 2 aromatic rings. The largest absolute Gasteiger partial charge is 0.326 e. The lowest BCUT2D eigenvalue weighted by Gasteiger charge is -2.21. The van der Waals surface area contributed by atoms with Crippen molar-refractivity contribution in [2.75, 3.05) is 11.4 Å². The van der Waals surface area contributed by atoms with Gasteiger partial charge in [0.05, 0.1) is 0 Å². The van der Waals surface area contributed by atoms with Crippen LogP contribution in [0.2, 0.25) is 0 Å². The first-order chi connectivity index (χ1) is 9.65. The third-order valence-corrected chi connectivity index (χ3v) is 3.14. The van der Waals surface area contributed by atoms with E-state index in [1.807, 2.05) is 19.1 Å². The molecule has 2 N–H and O–H groups in total. The molecule has 0 atom stereocenters. The van der Waals surface area contributed by atoms with E-state index in [4.69, 9.17) is 5.73 Å². The van der Waals surface area contributed by atoms with Gasteiger partial charge in [-0.1, -0.05) is 12.1 Å². The highest BCUT2D eigenvalue weighted by Crippen LogP contribution is 2.18. The summed E-state index contributed by atoms with van der Waals surface area (Å²) in [5, 5.41) is 0. The fraction of sp³-hybridized carbons (Fsp3) is 0.188. The monoisotopic (exact) mass is 272 g/mol. The summed E-state index contributed by atoms with van der Waals surface area (Å²) in [6.07, 6.45) is 0. The predicted molar refractivity (Wildman–Crippen MR) is 78.1 cm³/mol. The van der Waals surface area contributed by atoms with Crippen LogP contribution < -0.4 is 10.6 Å². The second-order valence-electron chi connectivity index (χ2n) is 4.43. The molecule has 20 heavy (non-hydrogen) atoms. The standard InChI is InChI=1S/C16H17FN2O/c1-2-19(15-9-7-14(17)8-10-15)16(20)13-5-3-12(11-18)4-6-13/h3-10H,2,11,18H2,1H3. The molecule has 0 aromatic heterocycles. The Morgan fingerprint density at radius 3 is 2.20 bits per heavy atom. The summed E-state index contributed by atoms with van der Waals surface area (Å²) in [6.45, 7) is 2.85. The minimum absolute atomic E-state index is 0.109. The van der Waals surface area contributed by atoms with Crippen molar-refractivity contribution >= 4 is 11.6 Å². The zero-order valence-electron chi connectivity index (χ0n) is 11.3. The van der Waals surface area contributed by atoms with Crippen molar-refractivity contribution in [3.8, 4) is 0 Å². The van der Waals surface area contributed by atoms with E-state index in [0.29, 0.717) is 24.3 Å². The number of benzene rings is 2. The molecular formula is C16H17FN2O. The molecule has 0 saturated carbocycles. The summed E-state index contributed by atoms with van der Waals surface area (Å²) in [7, 11) is 0. The highest BCUT2D eigenvalue weighted by atomic mass is 19.1. The van der Waals surface area contributed by atoms with E-state index in [1.54, 1.807) is 29.2 Å². The molecule has 4 heteroatoms. The summed E-state index contributed by atoms with van der Waals surface area (Å²) >= 11 is 0. The number of carbonyl (C=O) groups is 1. The minimum Gasteiger partial charge on any atom is -0.326 e. The Hall–Kier alpha value is -2.20. The second-order valence-corrected chi connectivity index (χ2v) is 4.43. The molecule has 2 aromatic carbocycles. The number of hydrogen-bond acceptors (Lipinski definition) is 2. The van der Waals surface area contributed by atoms with E-state index in [-0.39, 0.29) is 11.7 Å². The van der Waals surface area contributed by atoms with Gasteiger partial charge in [0.1, 0.15) is 5.82 Å². The first-order valence-corrected chi connectivity index (χ1v) is 6.52. The SMILES string of the molecule is CCN(C(=O)c1ccc(CN)cc1)c1ccc(F)cc1. The van der Waals surface area contributed by atoms with E-state index < -0.39 is 0 Å². The Kier molecular flexibility index (Phi) is 4.48. The first kappa shape index (κ1) is 14.2. The third kappa shape index (κ3) is 3.03. The van der Waals surface area contributed by atoms with Gasteiger partial charge in [-0.15, -0.1) is 0 Å². The normalized spacial score (nSPS) is 10.3. The maximum Gasteiger partial charge on any atom is 0.258 e. The van der Waals surface area contributed by atoms with Crippen molar-refractivity contribution in [3.63, 3.8) is 0 Å². The molecule has 1 amide bonds. The molecule has 0 aliphatic heterocycles. The van der Waals surface area contributed by atoms with Gasteiger partial charge in [-0.25, -0.2) is 4.39 Å². The van der Waals surface area contributed by atoms with Gasteiger partial charge < -0.3 is 10.6 Å². The van der Waals surface area contributed by atoms with Crippen LogP contribution in [0, 0.1) is 5.82 Å². The smallest absolute Gasteiger partial charge is 0.258 e. The predicted octanol–water partition coefficient (Wildman–Crippen LogP) is 2.95. The number of hydrogen-bond donors (Lipinski definition) is 1. The molecule has 2 rings (SSSR count). The van der Waals surface area contributed by atoms with Crippen LogP contribution in [0.5, 0.6) is 0 Å². The molecule has 0 unspecified atom stereocenters. The Morgan fingerprint density at radius 2 is 1.70 bits per heavy atom. The summed E-state index contributed by atoms with van der Waals surface area (Å²) in [6, 6.07) is 13.1. The van der Waals surface area contributed by atoms with Crippen LogP contribution >= 0.6 is 0 Å². The van der Waals surface area contributed by atoms with Gasteiger partial charge >= 0.3 is 0 Å². The zero-order valence-corrected chi connectivity index (χ0v) is 11.3. The molecule has 0 heterocycles. The fourth-order valence-corrected chi connectivity index (χ4v) is 2.00. The maximum absolute atomic E-state index is 12.9. The van der Waals surface area contributed by atoms with Crippen molar-refractivity contribution in [2.45, 2.75) is 13.5 Å². The summed E-state index contributed by atoms with van der Waals surface area (Å²) in [4.78, 5) is 14.1. The molecule has 3 nitrogen and oxygen atoms in total. The summed E-state index contributed by atoms with van der Waals surface area (Å²) in [5.74, 6) is -0.424. The van der Waals surface area contributed by atoms with Gasteiger partial charge in [0.15, 0.2) is 0 Å². The van der Waals surface area contributed by atoms with Crippen molar-refractivity contribution in [1.29, 1.82) is 0 Å². The number of anilines is 1. The molecule has 0 saturated heterocycles.